The Balaban J connectivity index is 2.21. The van der Waals surface area contributed by atoms with Gasteiger partial charge in [-0.3, -0.25) is 9.59 Å². The van der Waals surface area contributed by atoms with Crippen molar-refractivity contribution in [2.24, 2.45) is 5.92 Å². The molecule has 2 amide bonds. The van der Waals surface area contributed by atoms with Gasteiger partial charge in [0.05, 0.1) is 16.5 Å². The number of amides is 2. The smallest absolute Gasteiger partial charge is 0.242 e. The molecule has 0 heterocycles. The number of nitrogens with zero attached hydrogens (tertiary/aromatic N) is 1. The van der Waals surface area contributed by atoms with Gasteiger partial charge in [0.25, 0.3) is 0 Å². The minimum absolute atomic E-state index is 0.121. The van der Waals surface area contributed by atoms with Crippen molar-refractivity contribution < 1.29 is 9.59 Å². The Kier molecular flexibility index (Phi) is 8.34. The van der Waals surface area contributed by atoms with Gasteiger partial charge in [-0.05, 0) is 36.1 Å². The topological polar surface area (TPSA) is 49.4 Å². The number of benzene rings is 2. The van der Waals surface area contributed by atoms with Crippen molar-refractivity contribution in [1.29, 1.82) is 0 Å². The van der Waals surface area contributed by atoms with Crippen molar-refractivity contribution in [2.75, 3.05) is 6.54 Å². The number of hydrogen-bond donors (Lipinski definition) is 1. The van der Waals surface area contributed by atoms with E-state index in [9.17, 15) is 9.59 Å². The van der Waals surface area contributed by atoms with Crippen LogP contribution in [0.15, 0.2) is 48.5 Å². The molecule has 0 fully saturated rings. The van der Waals surface area contributed by atoms with Gasteiger partial charge >= 0.3 is 0 Å². The first kappa shape index (κ1) is 22.3. The molecule has 28 heavy (non-hydrogen) atoms. The van der Waals surface area contributed by atoms with Gasteiger partial charge in [-0.25, -0.2) is 0 Å². The fraction of sp³-hybridized carbons (Fsp3) is 0.364. The number of carbonyl (C=O) groups excluding carboxylic acids is 2. The van der Waals surface area contributed by atoms with Crippen molar-refractivity contribution in [3.05, 3.63) is 69.7 Å². The van der Waals surface area contributed by atoms with Crippen LogP contribution in [0.5, 0.6) is 0 Å². The molecule has 0 bridgehead atoms. The van der Waals surface area contributed by atoms with Gasteiger partial charge in [0.1, 0.15) is 6.04 Å². The van der Waals surface area contributed by atoms with Gasteiger partial charge < -0.3 is 10.2 Å². The lowest BCUT2D eigenvalue weighted by atomic mass is 10.1. The Morgan fingerprint density at radius 3 is 2.25 bits per heavy atom. The Hall–Kier alpha value is -2.04. The van der Waals surface area contributed by atoms with E-state index in [2.05, 4.69) is 5.32 Å². The maximum Gasteiger partial charge on any atom is 0.242 e. The van der Waals surface area contributed by atoms with Crippen molar-refractivity contribution >= 4 is 35.0 Å². The van der Waals surface area contributed by atoms with E-state index in [0.29, 0.717) is 22.5 Å². The number of carbonyl (C=O) groups is 2. The number of hydrogen-bond acceptors (Lipinski definition) is 2. The zero-order chi connectivity index (χ0) is 20.7. The third-order valence-corrected chi connectivity index (χ3v) is 5.13. The monoisotopic (exact) mass is 420 g/mol. The number of nitrogens with one attached hydrogen (secondary N) is 1. The van der Waals surface area contributed by atoms with Crippen LogP contribution in [0.2, 0.25) is 10.0 Å². The van der Waals surface area contributed by atoms with E-state index in [1.807, 2.05) is 50.2 Å². The number of halogens is 2. The zero-order valence-electron chi connectivity index (χ0n) is 16.4. The Labute approximate surface area is 176 Å². The van der Waals surface area contributed by atoms with Crippen LogP contribution in [-0.4, -0.2) is 29.3 Å². The Bertz CT molecular complexity index is 809. The van der Waals surface area contributed by atoms with Crippen LogP contribution in [0.25, 0.3) is 0 Å². The molecule has 0 aromatic heterocycles. The molecule has 0 saturated carbocycles. The summed E-state index contributed by atoms with van der Waals surface area (Å²) < 4.78 is 0. The van der Waals surface area contributed by atoms with Crippen molar-refractivity contribution in [2.45, 2.75) is 39.8 Å². The standard InChI is InChI=1S/C22H26Cl2N2O2/c1-15(2)13-25-22(28)16(3)26(14-18-9-10-19(23)20(24)11-18)21(27)12-17-7-5-4-6-8-17/h4-11,15-16H,12-14H2,1-3H3,(H,25,28). The van der Waals surface area contributed by atoms with Crippen molar-refractivity contribution in [3.8, 4) is 0 Å². The molecule has 2 rings (SSSR count). The predicted molar refractivity (Wildman–Crippen MR) is 114 cm³/mol. The van der Waals surface area contributed by atoms with Gasteiger partial charge in [0.2, 0.25) is 11.8 Å². The summed E-state index contributed by atoms with van der Waals surface area (Å²) in [5.41, 5.74) is 1.72. The molecular weight excluding hydrogens is 395 g/mol. The molecule has 6 heteroatoms. The van der Waals surface area contributed by atoms with Gasteiger partial charge in [-0.15, -0.1) is 0 Å². The van der Waals surface area contributed by atoms with Crippen molar-refractivity contribution in [3.63, 3.8) is 0 Å². The van der Waals surface area contributed by atoms with Crippen LogP contribution >= 0.6 is 23.2 Å². The van der Waals surface area contributed by atoms with Gasteiger partial charge in [0, 0.05) is 13.1 Å². The highest BCUT2D eigenvalue weighted by molar-refractivity contribution is 6.42. The van der Waals surface area contributed by atoms with E-state index >= 15 is 0 Å². The first-order valence-electron chi connectivity index (χ1n) is 9.33. The lowest BCUT2D eigenvalue weighted by Gasteiger charge is -2.29. The van der Waals surface area contributed by atoms with Gasteiger partial charge in [-0.1, -0.05) is 73.4 Å². The fourth-order valence-corrected chi connectivity index (χ4v) is 3.06. The van der Waals surface area contributed by atoms with E-state index in [1.165, 1.54) is 0 Å². The predicted octanol–water partition coefficient (Wildman–Crippen LogP) is 4.73. The SMILES string of the molecule is CC(C)CNC(=O)C(C)N(Cc1ccc(Cl)c(Cl)c1)C(=O)Cc1ccccc1. The van der Waals surface area contributed by atoms with Crippen LogP contribution in [0, 0.1) is 5.92 Å². The molecule has 0 aliphatic carbocycles. The maximum absolute atomic E-state index is 13.0. The Morgan fingerprint density at radius 2 is 1.64 bits per heavy atom. The minimum atomic E-state index is -0.607. The highest BCUT2D eigenvalue weighted by Crippen LogP contribution is 2.24. The first-order valence-corrected chi connectivity index (χ1v) is 10.1. The van der Waals surface area contributed by atoms with Crippen LogP contribution in [0.1, 0.15) is 31.9 Å². The molecule has 0 aliphatic rings. The van der Waals surface area contributed by atoms with Crippen LogP contribution in [0.4, 0.5) is 0 Å². The summed E-state index contributed by atoms with van der Waals surface area (Å²) in [6, 6.07) is 14.1. The summed E-state index contributed by atoms with van der Waals surface area (Å²) in [4.78, 5) is 27.2. The number of rotatable bonds is 8. The van der Waals surface area contributed by atoms with Crippen LogP contribution < -0.4 is 5.32 Å². The van der Waals surface area contributed by atoms with E-state index in [0.717, 1.165) is 11.1 Å². The average Bonchev–Trinajstić information content (AvgIpc) is 2.67. The summed E-state index contributed by atoms with van der Waals surface area (Å²) >= 11 is 12.1. The summed E-state index contributed by atoms with van der Waals surface area (Å²) in [5.74, 6) is 0.0410. The highest BCUT2D eigenvalue weighted by atomic mass is 35.5. The van der Waals surface area contributed by atoms with Crippen LogP contribution in [-0.2, 0) is 22.6 Å². The van der Waals surface area contributed by atoms with E-state index in [4.69, 9.17) is 23.2 Å². The normalized spacial score (nSPS) is 11.9. The molecule has 2 aromatic rings. The van der Waals surface area contributed by atoms with E-state index < -0.39 is 6.04 Å². The molecule has 1 atom stereocenters. The summed E-state index contributed by atoms with van der Waals surface area (Å²) in [7, 11) is 0. The molecule has 0 spiro atoms. The Morgan fingerprint density at radius 1 is 0.964 bits per heavy atom. The average molecular weight is 421 g/mol. The maximum atomic E-state index is 13.0. The van der Waals surface area contributed by atoms with E-state index in [-0.39, 0.29) is 24.8 Å². The molecule has 2 aromatic carbocycles. The molecule has 0 aliphatic heterocycles. The second kappa shape index (κ2) is 10.5. The molecule has 1 N–H and O–H groups in total. The quantitative estimate of drug-likeness (QED) is 0.670. The highest BCUT2D eigenvalue weighted by Gasteiger charge is 2.26. The summed E-state index contributed by atoms with van der Waals surface area (Å²) in [5, 5.41) is 3.78. The summed E-state index contributed by atoms with van der Waals surface area (Å²) in [6.07, 6.45) is 0.226. The van der Waals surface area contributed by atoms with Gasteiger partial charge in [-0.2, -0.15) is 0 Å². The molecule has 0 saturated heterocycles. The lowest BCUT2D eigenvalue weighted by Crippen LogP contribution is -2.48. The molecule has 150 valence electrons. The molecular formula is C22H26Cl2N2O2. The van der Waals surface area contributed by atoms with Crippen molar-refractivity contribution in [1.82, 2.24) is 10.2 Å². The zero-order valence-corrected chi connectivity index (χ0v) is 17.9. The second-order valence-corrected chi connectivity index (χ2v) is 8.06. The van der Waals surface area contributed by atoms with E-state index in [1.54, 1.807) is 24.0 Å². The third kappa shape index (κ3) is 6.54. The summed E-state index contributed by atoms with van der Waals surface area (Å²) in [6.45, 7) is 6.64. The molecule has 4 nitrogen and oxygen atoms in total. The lowest BCUT2D eigenvalue weighted by molar-refractivity contribution is -0.140. The third-order valence-electron chi connectivity index (χ3n) is 4.39. The van der Waals surface area contributed by atoms with Crippen LogP contribution in [0.3, 0.4) is 0 Å². The first-order chi connectivity index (χ1) is 13.3. The fourth-order valence-electron chi connectivity index (χ4n) is 2.74. The van der Waals surface area contributed by atoms with Gasteiger partial charge in [0.15, 0.2) is 0 Å². The molecule has 1 unspecified atom stereocenters. The largest absolute Gasteiger partial charge is 0.354 e. The minimum Gasteiger partial charge on any atom is -0.354 e. The second-order valence-electron chi connectivity index (χ2n) is 7.25. The molecule has 0 radical (unpaired) electrons.